The molecule has 0 saturated carbocycles. The quantitative estimate of drug-likeness (QED) is 0.785. The van der Waals surface area contributed by atoms with E-state index >= 15 is 0 Å². The van der Waals surface area contributed by atoms with Crippen LogP contribution in [0.15, 0.2) is 47.4 Å². The van der Waals surface area contributed by atoms with Crippen LogP contribution in [0.4, 0.5) is 10.5 Å². The lowest BCUT2D eigenvalue weighted by atomic mass is 10.2. The van der Waals surface area contributed by atoms with Crippen molar-refractivity contribution in [2.45, 2.75) is 6.92 Å². The Bertz CT molecular complexity index is 881. The third-order valence-corrected chi connectivity index (χ3v) is 4.55. The molecule has 3 rings (SSSR count). The lowest BCUT2D eigenvalue weighted by molar-refractivity contribution is -0.113. The number of rotatable bonds is 4. The van der Waals surface area contributed by atoms with Crippen molar-refractivity contribution >= 4 is 46.3 Å². The molecule has 2 aromatic rings. The topological polar surface area (TPSA) is 66.8 Å². The molecule has 0 unspecified atom stereocenters. The first-order chi connectivity index (χ1) is 12.0. The first-order valence-corrected chi connectivity index (χ1v) is 8.68. The Morgan fingerprint density at radius 2 is 2.04 bits per heavy atom. The largest absolute Gasteiger partial charge is 0.504 e. The summed E-state index contributed by atoms with van der Waals surface area (Å²) in [6.07, 6.45) is 1.59. The van der Waals surface area contributed by atoms with Crippen LogP contribution in [-0.2, 0) is 4.79 Å². The van der Waals surface area contributed by atoms with E-state index in [0.29, 0.717) is 28.6 Å². The highest BCUT2D eigenvalue weighted by Crippen LogP contribution is 2.37. The van der Waals surface area contributed by atoms with Gasteiger partial charge in [-0.2, -0.15) is 0 Å². The summed E-state index contributed by atoms with van der Waals surface area (Å²) in [4.78, 5) is 26.2. The molecular weight excluding hydrogens is 362 g/mol. The third kappa shape index (κ3) is 3.65. The molecule has 0 aromatic heterocycles. The molecule has 1 aliphatic rings. The van der Waals surface area contributed by atoms with Crippen molar-refractivity contribution < 1.29 is 19.4 Å². The van der Waals surface area contributed by atoms with E-state index in [9.17, 15) is 14.7 Å². The number of ether oxygens (including phenoxy) is 1. The number of phenolic OH excluding ortho intramolecular Hbond substituents is 1. The van der Waals surface area contributed by atoms with E-state index in [4.69, 9.17) is 16.3 Å². The Morgan fingerprint density at radius 3 is 2.76 bits per heavy atom. The van der Waals surface area contributed by atoms with Gasteiger partial charge in [0.05, 0.1) is 17.2 Å². The Balaban J connectivity index is 1.92. The second-order valence-corrected chi connectivity index (χ2v) is 6.59. The maximum Gasteiger partial charge on any atom is 0.298 e. The molecule has 1 heterocycles. The fourth-order valence-electron chi connectivity index (χ4n) is 2.35. The molecule has 1 aliphatic heterocycles. The second kappa shape index (κ2) is 7.21. The normalized spacial score (nSPS) is 15.9. The number of hydrogen-bond donors (Lipinski definition) is 1. The smallest absolute Gasteiger partial charge is 0.298 e. The van der Waals surface area contributed by atoms with Gasteiger partial charge in [0.15, 0.2) is 11.5 Å². The highest BCUT2D eigenvalue weighted by atomic mass is 35.5. The molecule has 0 bridgehead atoms. The molecule has 1 N–H and O–H groups in total. The highest BCUT2D eigenvalue weighted by molar-refractivity contribution is 8.19. The minimum absolute atomic E-state index is 0.0195. The lowest BCUT2D eigenvalue weighted by Gasteiger charge is -2.12. The molecule has 7 heteroatoms. The first kappa shape index (κ1) is 17.4. The summed E-state index contributed by atoms with van der Waals surface area (Å²) in [5.41, 5.74) is 1.08. The van der Waals surface area contributed by atoms with Gasteiger partial charge in [-0.3, -0.25) is 9.59 Å². The molecule has 128 valence electrons. The SMILES string of the molecule is CCOc1cc(C=C2SC(=O)N(c3cccc(Cl)c3)C2=O)ccc1O. The maximum atomic E-state index is 12.6. The predicted molar refractivity (Wildman–Crippen MR) is 99.2 cm³/mol. The molecular formula is C18H14ClNO4S. The van der Waals surface area contributed by atoms with Gasteiger partial charge in [0, 0.05) is 5.02 Å². The van der Waals surface area contributed by atoms with Gasteiger partial charge in [0.2, 0.25) is 0 Å². The van der Waals surface area contributed by atoms with Gasteiger partial charge in [0.25, 0.3) is 11.1 Å². The molecule has 25 heavy (non-hydrogen) atoms. The standard InChI is InChI=1S/C18H14ClNO4S/c1-2-24-15-8-11(6-7-14(15)21)9-16-17(22)20(18(23)25-16)13-5-3-4-12(19)10-13/h3-10,21H,2H2,1H3. The number of amides is 2. The zero-order chi connectivity index (χ0) is 18.0. The fourth-order valence-corrected chi connectivity index (χ4v) is 3.37. The van der Waals surface area contributed by atoms with Gasteiger partial charge in [0.1, 0.15) is 0 Å². The number of benzene rings is 2. The monoisotopic (exact) mass is 375 g/mol. The molecule has 1 saturated heterocycles. The van der Waals surface area contributed by atoms with Gasteiger partial charge in [-0.15, -0.1) is 0 Å². The zero-order valence-corrected chi connectivity index (χ0v) is 14.8. The zero-order valence-electron chi connectivity index (χ0n) is 13.2. The third-order valence-electron chi connectivity index (χ3n) is 3.44. The number of phenols is 1. The average Bonchev–Trinajstić information content (AvgIpc) is 2.85. The molecule has 5 nitrogen and oxygen atoms in total. The average molecular weight is 376 g/mol. The van der Waals surface area contributed by atoms with Crippen molar-refractivity contribution in [2.75, 3.05) is 11.5 Å². The summed E-state index contributed by atoms with van der Waals surface area (Å²) < 4.78 is 5.33. The maximum absolute atomic E-state index is 12.6. The molecule has 2 amide bonds. The Morgan fingerprint density at radius 1 is 1.24 bits per heavy atom. The van der Waals surface area contributed by atoms with Crippen molar-refractivity contribution in [3.63, 3.8) is 0 Å². The number of nitrogens with zero attached hydrogens (tertiary/aromatic N) is 1. The predicted octanol–water partition coefficient (Wildman–Crippen LogP) is 4.69. The molecule has 0 spiro atoms. The second-order valence-electron chi connectivity index (χ2n) is 5.16. The van der Waals surface area contributed by atoms with Crippen molar-refractivity contribution in [1.82, 2.24) is 0 Å². The number of imide groups is 1. The first-order valence-electron chi connectivity index (χ1n) is 7.49. The summed E-state index contributed by atoms with van der Waals surface area (Å²) in [6.45, 7) is 2.21. The summed E-state index contributed by atoms with van der Waals surface area (Å²) in [5, 5.41) is 9.80. The Hall–Kier alpha value is -2.44. The van der Waals surface area contributed by atoms with Gasteiger partial charge >= 0.3 is 0 Å². The molecule has 2 aromatic carbocycles. The molecule has 0 atom stereocenters. The molecule has 0 aliphatic carbocycles. The summed E-state index contributed by atoms with van der Waals surface area (Å²) in [5.74, 6) is -0.0698. The van der Waals surface area contributed by atoms with Crippen molar-refractivity contribution in [3.8, 4) is 11.5 Å². The summed E-state index contributed by atoms with van der Waals surface area (Å²) in [7, 11) is 0. The van der Waals surface area contributed by atoms with Gasteiger partial charge in [-0.25, -0.2) is 4.90 Å². The van der Waals surface area contributed by atoms with Gasteiger partial charge in [-0.05, 0) is 60.7 Å². The lowest BCUT2D eigenvalue weighted by Crippen LogP contribution is -2.27. The molecule has 1 fully saturated rings. The minimum Gasteiger partial charge on any atom is -0.504 e. The van der Waals surface area contributed by atoms with E-state index in [0.717, 1.165) is 16.7 Å². The minimum atomic E-state index is -0.414. The van der Waals surface area contributed by atoms with E-state index in [1.54, 1.807) is 42.5 Å². The fraction of sp³-hybridized carbons (Fsp3) is 0.111. The number of hydrogen-bond acceptors (Lipinski definition) is 5. The number of anilines is 1. The van der Waals surface area contributed by atoms with E-state index in [1.807, 2.05) is 6.92 Å². The Labute approximate surface area is 153 Å². The van der Waals surface area contributed by atoms with Crippen molar-refractivity contribution in [2.24, 2.45) is 0 Å². The molecule has 0 radical (unpaired) electrons. The van der Waals surface area contributed by atoms with Crippen LogP contribution < -0.4 is 9.64 Å². The number of thioether (sulfide) groups is 1. The van der Waals surface area contributed by atoms with Crippen LogP contribution in [-0.4, -0.2) is 22.9 Å². The van der Waals surface area contributed by atoms with Crippen LogP contribution in [0.5, 0.6) is 11.5 Å². The van der Waals surface area contributed by atoms with Gasteiger partial charge in [-0.1, -0.05) is 23.7 Å². The van der Waals surface area contributed by atoms with Crippen LogP contribution in [0, 0.1) is 0 Å². The summed E-state index contributed by atoms with van der Waals surface area (Å²) >= 11 is 6.79. The van der Waals surface area contributed by atoms with Crippen molar-refractivity contribution in [3.05, 3.63) is 58.0 Å². The van der Waals surface area contributed by atoms with Crippen LogP contribution >= 0.6 is 23.4 Å². The van der Waals surface area contributed by atoms with Crippen LogP contribution in [0.2, 0.25) is 5.02 Å². The van der Waals surface area contributed by atoms with E-state index in [1.165, 1.54) is 6.07 Å². The van der Waals surface area contributed by atoms with Crippen molar-refractivity contribution in [1.29, 1.82) is 0 Å². The number of aromatic hydroxyl groups is 1. The number of carbonyl (C=O) groups is 2. The van der Waals surface area contributed by atoms with E-state index in [-0.39, 0.29) is 15.9 Å². The number of halogens is 1. The van der Waals surface area contributed by atoms with Gasteiger partial charge < -0.3 is 9.84 Å². The highest BCUT2D eigenvalue weighted by Gasteiger charge is 2.36. The number of carbonyl (C=O) groups excluding carboxylic acids is 2. The van der Waals surface area contributed by atoms with E-state index in [2.05, 4.69) is 0 Å². The van der Waals surface area contributed by atoms with Crippen LogP contribution in [0.1, 0.15) is 12.5 Å². The Kier molecular flexibility index (Phi) is 5.01. The van der Waals surface area contributed by atoms with Crippen LogP contribution in [0.3, 0.4) is 0 Å². The van der Waals surface area contributed by atoms with E-state index < -0.39 is 5.91 Å². The van der Waals surface area contributed by atoms with Crippen LogP contribution in [0.25, 0.3) is 6.08 Å². The summed E-state index contributed by atoms with van der Waals surface area (Å²) in [6, 6.07) is 11.3.